The summed E-state index contributed by atoms with van der Waals surface area (Å²) in [5, 5.41) is 17.4. The number of aromatic nitrogens is 4. The highest BCUT2D eigenvalue weighted by atomic mass is 32.1. The summed E-state index contributed by atoms with van der Waals surface area (Å²) in [6.07, 6.45) is -7.69. The second kappa shape index (κ2) is 35.8. The Bertz CT molecular complexity index is 5220. The van der Waals surface area contributed by atoms with E-state index < -0.39 is 60.9 Å². The number of benzene rings is 6. The fraction of sp³-hybridized carbons (Fsp3) is 0.333. The number of amides is 5. The Morgan fingerprint density at radius 3 is 1.35 bits per heavy atom. The molecule has 29 heteroatoms. The third-order valence-electron chi connectivity index (χ3n) is 19.0. The number of hydrogen-bond acceptors (Lipinski definition) is 15. The van der Waals surface area contributed by atoms with Crippen LogP contribution in [0.3, 0.4) is 0 Å². The van der Waals surface area contributed by atoms with Gasteiger partial charge in [0, 0.05) is 44.0 Å². The lowest BCUT2D eigenvalue weighted by molar-refractivity contribution is 0.0537. The molecule has 0 bridgehead atoms. The van der Waals surface area contributed by atoms with E-state index in [1.54, 1.807) is 19.3 Å². The molecule has 11 aromatic rings. The Kier molecular flexibility index (Phi) is 26.7. The lowest BCUT2D eigenvalue weighted by Crippen LogP contribution is -2.45. The predicted octanol–water partition coefficient (Wildman–Crippen LogP) is 22.0. The van der Waals surface area contributed by atoms with E-state index in [0.29, 0.717) is 63.6 Å². The van der Waals surface area contributed by atoms with Gasteiger partial charge in [-0.1, -0.05) is 134 Å². The number of nitrogens with one attached hydrogen (secondary N) is 3. The molecule has 20 nitrogen and oxygen atoms in total. The summed E-state index contributed by atoms with van der Waals surface area (Å²) in [6.45, 7) is 24.0. The third-order valence-corrected chi connectivity index (χ3v) is 22.3. The number of anilines is 4. The first-order valence-corrected chi connectivity index (χ1v) is 38.5. The molecule has 2 aliphatic heterocycles. The largest absolute Gasteiger partial charge is 0.477 e. The molecule has 596 valence electrons. The van der Waals surface area contributed by atoms with E-state index >= 15 is 0 Å². The molecule has 4 N–H and O–H groups in total. The molecular weight excluding hydrogens is 1520 g/mol. The summed E-state index contributed by atoms with van der Waals surface area (Å²) >= 11 is 2.07. The topological polar surface area (TPSA) is 232 Å². The van der Waals surface area contributed by atoms with Crippen LogP contribution in [0.5, 0.6) is 0 Å². The molecule has 13 rings (SSSR count). The van der Waals surface area contributed by atoms with Crippen molar-refractivity contribution in [2.24, 2.45) is 10.8 Å². The van der Waals surface area contributed by atoms with Gasteiger partial charge < -0.3 is 34.4 Å². The normalized spacial score (nSPS) is 13.0. The summed E-state index contributed by atoms with van der Waals surface area (Å²) in [5.41, 5.74) is 10.00. The predicted molar refractivity (Wildman–Crippen MR) is 431 cm³/mol. The van der Waals surface area contributed by atoms with Crippen LogP contribution in [0.15, 0.2) is 170 Å². The number of thiophene rings is 3. The van der Waals surface area contributed by atoms with Gasteiger partial charge in [-0.05, 0) is 177 Å². The quantitative estimate of drug-likeness (QED) is 0.0411. The van der Waals surface area contributed by atoms with Gasteiger partial charge >= 0.3 is 24.2 Å². The lowest BCUT2D eigenvalue weighted by atomic mass is 9.87. The van der Waals surface area contributed by atoms with Crippen molar-refractivity contribution in [1.29, 1.82) is 0 Å². The van der Waals surface area contributed by atoms with Crippen molar-refractivity contribution >= 4 is 115 Å². The number of halogens is 6. The second-order valence-electron chi connectivity index (χ2n) is 30.0. The number of ether oxygens (including phenoxy) is 3. The first-order valence-electron chi connectivity index (χ1n) is 36.1. The van der Waals surface area contributed by atoms with E-state index in [1.807, 2.05) is 167 Å². The highest BCUT2D eigenvalue weighted by Gasteiger charge is 2.35. The van der Waals surface area contributed by atoms with Crippen LogP contribution in [0, 0.1) is 10.8 Å². The smallest absolute Gasteiger partial charge is 0.414 e. The van der Waals surface area contributed by atoms with Gasteiger partial charge in [0.05, 0.1) is 63.5 Å². The van der Waals surface area contributed by atoms with Crippen LogP contribution >= 0.6 is 34.0 Å². The molecule has 6 aromatic carbocycles. The van der Waals surface area contributed by atoms with Crippen LogP contribution in [0.2, 0.25) is 0 Å². The number of rotatable bonds is 20. The van der Waals surface area contributed by atoms with Crippen LogP contribution in [0.4, 0.5) is 64.0 Å². The van der Waals surface area contributed by atoms with Crippen molar-refractivity contribution < 1.29 is 74.4 Å². The van der Waals surface area contributed by atoms with Crippen LogP contribution in [0.1, 0.15) is 180 Å². The number of fused-ring (bicyclic) bond motifs is 4. The number of aromatic carboxylic acids is 1. The number of imidazole rings is 2. The zero-order chi connectivity index (χ0) is 80.7. The van der Waals surface area contributed by atoms with Crippen LogP contribution < -0.4 is 20.9 Å². The highest BCUT2D eigenvalue weighted by Crippen LogP contribution is 2.39. The number of alkyl halides is 6. The molecule has 7 heterocycles. The van der Waals surface area contributed by atoms with Gasteiger partial charge in [0.15, 0.2) is 0 Å². The van der Waals surface area contributed by atoms with Gasteiger partial charge in [-0.3, -0.25) is 34.3 Å². The number of carbonyl (C=O) groups is 6. The Balaban J connectivity index is 0.000000210. The minimum Gasteiger partial charge on any atom is -0.477 e. The first kappa shape index (κ1) is 84.4. The molecule has 0 aliphatic carbocycles. The highest BCUT2D eigenvalue weighted by molar-refractivity contribution is 7.14. The maximum atomic E-state index is 13.6. The Hall–Kier alpha value is -11.0. The maximum Gasteiger partial charge on any atom is 0.414 e. The number of hydrogen-bond donors (Lipinski definition) is 4. The molecule has 5 amide bonds. The average molecular weight is 1610 g/mol. The number of carbonyl (C=O) groups excluding carboxylic acids is 5. The molecule has 0 saturated heterocycles. The molecule has 0 spiro atoms. The molecular formula is C84H90F6N10O10S3. The minimum atomic E-state index is -2.70. The second-order valence-corrected chi connectivity index (χ2v) is 33.4. The summed E-state index contributed by atoms with van der Waals surface area (Å²) in [4.78, 5) is 91.5. The zero-order valence-corrected chi connectivity index (χ0v) is 65.9. The molecule has 113 heavy (non-hydrogen) atoms. The van der Waals surface area contributed by atoms with Gasteiger partial charge in [-0.15, -0.1) is 34.0 Å². The summed E-state index contributed by atoms with van der Waals surface area (Å²) in [7, 11) is 0. The standard InChI is InChI=1S/C41H45F2N5O5S.C36H37F2N5O3S.C6H4F2O2S.CH4/c1-25(40(2,3)4)47(38(50)52-24-26-11-9-8-10-12-26)23-27-13-16-31-30(21-27)44-37(45-36(49)34-18-17-33(54-34)35(42)43)48(31)29-15-14-28-19-20-46(32(28)22-29)39(51)53-41(5,6)7;1-22(36(2,3)4)42(35(45)46-21-23-8-6-5-7-9-23)20-24-10-13-29-28(18-24)40-34(41-33(44)31-15-14-30(47-31)32(37)38)43(29)26-12-11-25-16-17-39-27(25)19-26;7-5(8)3-1-2-4(11-3)6(9)10;/h8-18,21-22,25,35H,19-20,23-24H2,1-7H3,(H,44,45,49);5-15,18-19,22,32,39H,16-17,20-21H2,1-4H3,(H,40,41,44);1-2,5H,(H,9,10);1H4/t25-;22-;;/m00../s1. The van der Waals surface area contributed by atoms with E-state index in [2.05, 4.69) is 63.6 Å². The third kappa shape index (κ3) is 20.8. The van der Waals surface area contributed by atoms with E-state index in [0.717, 1.165) is 75.1 Å². The average Bonchev–Trinajstić information content (AvgIpc) is 1.62. The molecule has 2 atom stereocenters. The van der Waals surface area contributed by atoms with Crippen molar-refractivity contribution in [2.45, 2.75) is 160 Å². The Labute approximate surface area is 663 Å². The molecule has 0 unspecified atom stereocenters. The lowest BCUT2D eigenvalue weighted by Gasteiger charge is -2.37. The summed E-state index contributed by atoms with van der Waals surface area (Å²) in [6, 6.07) is 49.4. The Morgan fingerprint density at radius 2 is 0.947 bits per heavy atom. The number of carboxylic acids is 1. The van der Waals surface area contributed by atoms with Crippen molar-refractivity contribution in [3.05, 3.63) is 233 Å². The zero-order valence-electron chi connectivity index (χ0n) is 63.5. The molecule has 2 aliphatic rings. The van der Waals surface area contributed by atoms with Gasteiger partial charge in [0.25, 0.3) is 31.1 Å². The van der Waals surface area contributed by atoms with Gasteiger partial charge in [-0.25, -0.2) is 55.5 Å². The summed E-state index contributed by atoms with van der Waals surface area (Å²) < 4.78 is 97.8. The monoisotopic (exact) mass is 1610 g/mol. The van der Waals surface area contributed by atoms with Gasteiger partial charge in [0.1, 0.15) is 23.7 Å². The fourth-order valence-electron chi connectivity index (χ4n) is 12.3. The number of carboxylic acid groups (broad SMARTS) is 1. The van der Waals surface area contributed by atoms with Gasteiger partial charge in [-0.2, -0.15) is 0 Å². The van der Waals surface area contributed by atoms with E-state index in [9.17, 15) is 55.1 Å². The minimum absolute atomic E-state index is 0. The van der Waals surface area contributed by atoms with E-state index in [4.69, 9.17) is 29.3 Å². The Morgan fingerprint density at radius 1 is 0.522 bits per heavy atom. The number of nitrogens with zero attached hydrogens (tertiary/aromatic N) is 7. The molecule has 0 fully saturated rings. The van der Waals surface area contributed by atoms with Crippen LogP contribution in [-0.2, 0) is 53.4 Å². The van der Waals surface area contributed by atoms with Crippen molar-refractivity contribution in [3.8, 4) is 11.4 Å². The molecule has 0 saturated carbocycles. The SMILES string of the molecule is C.C[C@H](N(Cc1ccc2c(c1)nc(NC(=O)c1ccc(C(F)F)s1)n2-c1ccc2c(c1)N(C(=O)OC(C)(C)C)CC2)C(=O)OCc1ccccc1)C(C)(C)C.C[C@H](N(Cc1ccc2c(c1)nc(NC(=O)c1ccc(C(F)F)s1)n2-c1ccc2c(c1)NCC2)C(=O)OCc1ccccc1)C(C)(C)C.O=C(O)c1ccc(C(F)F)s1. The van der Waals surface area contributed by atoms with Crippen molar-refractivity contribution in [2.75, 3.05) is 33.9 Å². The maximum absolute atomic E-state index is 13.6. The van der Waals surface area contributed by atoms with Crippen LogP contribution in [0.25, 0.3) is 33.4 Å². The van der Waals surface area contributed by atoms with E-state index in [-0.39, 0.29) is 97.8 Å². The van der Waals surface area contributed by atoms with Crippen LogP contribution in [-0.4, -0.2) is 101 Å². The fourth-order valence-corrected chi connectivity index (χ4v) is 14.5. The van der Waals surface area contributed by atoms with Crippen molar-refractivity contribution in [3.63, 3.8) is 0 Å². The first-order chi connectivity index (χ1) is 53.1. The van der Waals surface area contributed by atoms with E-state index in [1.165, 1.54) is 35.9 Å². The summed E-state index contributed by atoms with van der Waals surface area (Å²) in [5.74, 6) is -1.87. The molecule has 0 radical (unpaired) electrons. The van der Waals surface area contributed by atoms with Gasteiger partial charge in [0.2, 0.25) is 11.9 Å². The molecule has 5 aromatic heterocycles. The van der Waals surface area contributed by atoms with Crippen molar-refractivity contribution in [1.82, 2.24) is 28.9 Å².